The van der Waals surface area contributed by atoms with Gasteiger partial charge in [-0.05, 0) is 25.2 Å². The number of unbranched alkanes of at least 4 members (excludes halogenated alkanes) is 3. The van der Waals surface area contributed by atoms with E-state index in [2.05, 4.69) is 39.1 Å². The summed E-state index contributed by atoms with van der Waals surface area (Å²) in [5, 5.41) is 6.89. The molecule has 0 saturated carbocycles. The lowest BCUT2D eigenvalue weighted by Gasteiger charge is -2.35. The molecule has 0 aromatic carbocycles. The van der Waals surface area contributed by atoms with E-state index in [0.29, 0.717) is 18.4 Å². The number of aliphatic imine (C=N–C) groups is 1. The van der Waals surface area contributed by atoms with Gasteiger partial charge in [0.05, 0.1) is 20.3 Å². The van der Waals surface area contributed by atoms with E-state index in [9.17, 15) is 4.79 Å². The number of morpholine rings is 1. The molecule has 7 heteroatoms. The van der Waals surface area contributed by atoms with Crippen molar-refractivity contribution < 1.29 is 14.3 Å². The summed E-state index contributed by atoms with van der Waals surface area (Å²) in [4.78, 5) is 17.9. The number of ether oxygens (including phenoxy) is 2. The quantitative estimate of drug-likeness (QED) is 0.232. The molecule has 158 valence electrons. The molecule has 1 atom stereocenters. The van der Waals surface area contributed by atoms with E-state index < -0.39 is 0 Å². The molecule has 27 heavy (non-hydrogen) atoms. The Balaban J connectivity index is 2.23. The molecule has 0 aromatic heterocycles. The first-order valence-electron chi connectivity index (χ1n) is 10.4. The largest absolute Gasteiger partial charge is 0.469 e. The molecule has 0 spiro atoms. The number of nitrogens with one attached hydrogen (secondary N) is 2. The number of nitrogens with zero attached hydrogens (tertiary/aromatic N) is 2. The molecule has 1 aliphatic heterocycles. The Morgan fingerprint density at radius 3 is 2.48 bits per heavy atom. The summed E-state index contributed by atoms with van der Waals surface area (Å²) < 4.78 is 10.1. The lowest BCUT2D eigenvalue weighted by Crippen LogP contribution is -2.51. The van der Waals surface area contributed by atoms with Crippen LogP contribution in [0.4, 0.5) is 0 Å². The first-order valence-corrected chi connectivity index (χ1v) is 10.4. The second-order valence-corrected chi connectivity index (χ2v) is 7.55. The van der Waals surface area contributed by atoms with E-state index >= 15 is 0 Å². The minimum atomic E-state index is -0.117. The average Bonchev–Trinajstić information content (AvgIpc) is 2.68. The van der Waals surface area contributed by atoms with Crippen LogP contribution in [0.1, 0.15) is 52.4 Å². The highest BCUT2D eigenvalue weighted by Gasteiger charge is 2.22. The summed E-state index contributed by atoms with van der Waals surface area (Å²) in [7, 11) is 3.26. The van der Waals surface area contributed by atoms with Gasteiger partial charge in [0.2, 0.25) is 0 Å². The van der Waals surface area contributed by atoms with Crippen LogP contribution in [-0.2, 0) is 14.3 Å². The third kappa shape index (κ3) is 11.2. The molecule has 0 radical (unpaired) electrons. The maximum atomic E-state index is 11.1. The highest BCUT2D eigenvalue weighted by atomic mass is 16.5. The summed E-state index contributed by atoms with van der Waals surface area (Å²) in [6.45, 7) is 10.0. The van der Waals surface area contributed by atoms with E-state index in [1.165, 1.54) is 13.5 Å². The van der Waals surface area contributed by atoms with Gasteiger partial charge in [0.15, 0.2) is 5.96 Å². The van der Waals surface area contributed by atoms with Gasteiger partial charge in [-0.1, -0.05) is 26.7 Å². The highest BCUT2D eigenvalue weighted by molar-refractivity contribution is 5.79. The normalized spacial score (nSPS) is 17.0. The predicted octanol–water partition coefficient (Wildman–Crippen LogP) is 2.02. The summed E-state index contributed by atoms with van der Waals surface area (Å²) in [6.07, 6.45) is 5.81. The Bertz CT molecular complexity index is 423. The van der Waals surface area contributed by atoms with E-state index in [0.717, 1.165) is 71.0 Å². The summed E-state index contributed by atoms with van der Waals surface area (Å²) in [5.41, 5.74) is 0. The van der Waals surface area contributed by atoms with Crippen molar-refractivity contribution in [2.45, 2.75) is 58.4 Å². The molecule has 1 aliphatic rings. The minimum Gasteiger partial charge on any atom is -0.469 e. The SMILES string of the molecule is CN=C(NCCCCCCC(=O)OC)NCC(CC(C)C)N1CCOCC1. The molecule has 1 unspecified atom stereocenters. The third-order valence-electron chi connectivity index (χ3n) is 4.86. The number of hydrogen-bond donors (Lipinski definition) is 2. The number of carbonyl (C=O) groups is 1. The van der Waals surface area contributed by atoms with E-state index in [1.54, 1.807) is 0 Å². The second kappa shape index (κ2) is 14.7. The van der Waals surface area contributed by atoms with Crippen molar-refractivity contribution in [3.05, 3.63) is 0 Å². The Kier molecular flexibility index (Phi) is 12.9. The molecule has 0 aliphatic carbocycles. The molecule has 1 heterocycles. The van der Waals surface area contributed by atoms with Crippen LogP contribution in [0.5, 0.6) is 0 Å². The Hall–Kier alpha value is -1.34. The summed E-state index contributed by atoms with van der Waals surface area (Å²) >= 11 is 0. The van der Waals surface area contributed by atoms with Crippen LogP contribution in [0, 0.1) is 5.92 Å². The van der Waals surface area contributed by atoms with Crippen molar-refractivity contribution in [1.29, 1.82) is 0 Å². The van der Waals surface area contributed by atoms with Crippen LogP contribution in [0.15, 0.2) is 4.99 Å². The molecule has 0 aromatic rings. The van der Waals surface area contributed by atoms with Crippen molar-refractivity contribution in [2.24, 2.45) is 10.9 Å². The van der Waals surface area contributed by atoms with Gasteiger partial charge in [-0.15, -0.1) is 0 Å². The maximum absolute atomic E-state index is 11.1. The number of guanidine groups is 1. The molecule has 1 rings (SSSR count). The van der Waals surface area contributed by atoms with Crippen molar-refractivity contribution in [3.63, 3.8) is 0 Å². The fourth-order valence-corrected chi connectivity index (χ4v) is 3.34. The maximum Gasteiger partial charge on any atom is 0.305 e. The fourth-order valence-electron chi connectivity index (χ4n) is 3.34. The Morgan fingerprint density at radius 1 is 1.15 bits per heavy atom. The van der Waals surface area contributed by atoms with Crippen LogP contribution >= 0.6 is 0 Å². The van der Waals surface area contributed by atoms with Crippen molar-refractivity contribution in [2.75, 3.05) is 53.6 Å². The summed E-state index contributed by atoms with van der Waals surface area (Å²) in [5.74, 6) is 1.42. The molecular weight excluding hydrogens is 344 g/mol. The Labute approximate surface area is 165 Å². The predicted molar refractivity (Wildman–Crippen MR) is 110 cm³/mol. The number of methoxy groups -OCH3 is 1. The van der Waals surface area contributed by atoms with Gasteiger partial charge in [0.1, 0.15) is 0 Å². The molecule has 0 amide bonds. The zero-order valence-corrected chi connectivity index (χ0v) is 17.8. The van der Waals surface area contributed by atoms with Crippen LogP contribution in [0.2, 0.25) is 0 Å². The molecule has 1 fully saturated rings. The second-order valence-electron chi connectivity index (χ2n) is 7.55. The van der Waals surface area contributed by atoms with Crippen molar-refractivity contribution in [3.8, 4) is 0 Å². The van der Waals surface area contributed by atoms with E-state index in [-0.39, 0.29) is 5.97 Å². The van der Waals surface area contributed by atoms with Crippen molar-refractivity contribution >= 4 is 11.9 Å². The van der Waals surface area contributed by atoms with Crippen molar-refractivity contribution in [1.82, 2.24) is 15.5 Å². The third-order valence-corrected chi connectivity index (χ3v) is 4.86. The zero-order chi connectivity index (χ0) is 19.9. The van der Waals surface area contributed by atoms with E-state index in [4.69, 9.17) is 4.74 Å². The molecule has 2 N–H and O–H groups in total. The Morgan fingerprint density at radius 2 is 1.85 bits per heavy atom. The van der Waals surface area contributed by atoms with Gasteiger partial charge < -0.3 is 20.1 Å². The molecular formula is C20H40N4O3. The summed E-state index contributed by atoms with van der Waals surface area (Å²) in [6, 6.07) is 0.505. The number of esters is 1. The van der Waals surface area contributed by atoms with Gasteiger partial charge >= 0.3 is 5.97 Å². The zero-order valence-electron chi connectivity index (χ0n) is 17.8. The minimum absolute atomic E-state index is 0.117. The number of hydrogen-bond acceptors (Lipinski definition) is 5. The van der Waals surface area contributed by atoms with Crippen LogP contribution in [0.25, 0.3) is 0 Å². The lowest BCUT2D eigenvalue weighted by atomic mass is 10.0. The monoisotopic (exact) mass is 384 g/mol. The van der Waals surface area contributed by atoms with Crippen LogP contribution < -0.4 is 10.6 Å². The van der Waals surface area contributed by atoms with E-state index in [1.807, 2.05) is 7.05 Å². The standard InChI is InChI=1S/C20H40N4O3/c1-17(2)15-18(24-11-13-27-14-12-24)16-23-20(21-3)22-10-8-6-5-7-9-19(25)26-4/h17-18H,5-16H2,1-4H3,(H2,21,22,23). The van der Waals surface area contributed by atoms with Gasteiger partial charge in [0, 0.05) is 45.7 Å². The fraction of sp³-hybridized carbons (Fsp3) is 0.900. The van der Waals surface area contributed by atoms with Gasteiger partial charge in [-0.3, -0.25) is 14.7 Å². The van der Waals surface area contributed by atoms with Crippen LogP contribution in [-0.4, -0.2) is 76.4 Å². The highest BCUT2D eigenvalue weighted by Crippen LogP contribution is 2.13. The first-order chi connectivity index (χ1) is 13.1. The van der Waals surface area contributed by atoms with Gasteiger partial charge in [-0.2, -0.15) is 0 Å². The number of carbonyl (C=O) groups excluding carboxylic acids is 1. The average molecular weight is 385 g/mol. The molecule has 0 bridgehead atoms. The first kappa shape index (κ1) is 23.7. The van der Waals surface area contributed by atoms with Gasteiger partial charge in [-0.25, -0.2) is 0 Å². The molecule has 7 nitrogen and oxygen atoms in total. The number of rotatable bonds is 12. The van der Waals surface area contributed by atoms with Crippen LogP contribution in [0.3, 0.4) is 0 Å². The lowest BCUT2D eigenvalue weighted by molar-refractivity contribution is -0.140. The topological polar surface area (TPSA) is 75.2 Å². The van der Waals surface area contributed by atoms with Gasteiger partial charge in [0.25, 0.3) is 0 Å². The smallest absolute Gasteiger partial charge is 0.305 e. The molecule has 1 saturated heterocycles.